The second kappa shape index (κ2) is 4.11. The van der Waals surface area contributed by atoms with Gasteiger partial charge in [0, 0.05) is 7.11 Å². The van der Waals surface area contributed by atoms with E-state index in [1.807, 2.05) is 0 Å². The molecule has 0 aromatic heterocycles. The minimum absolute atomic E-state index is 0.0449. The molecule has 0 amide bonds. The number of methoxy groups -OCH3 is 1. The van der Waals surface area contributed by atoms with Crippen molar-refractivity contribution < 1.29 is 19.4 Å². The Morgan fingerprint density at radius 1 is 1.86 bits per heavy atom. The third-order valence-electron chi connectivity index (χ3n) is 2.66. The number of aliphatic hydroxyl groups is 1. The van der Waals surface area contributed by atoms with E-state index in [-0.39, 0.29) is 5.92 Å². The van der Waals surface area contributed by atoms with Crippen molar-refractivity contribution >= 4 is 5.97 Å². The molecule has 0 radical (unpaired) electrons. The molecule has 0 aromatic rings. The third-order valence-corrected chi connectivity index (χ3v) is 2.66. The maximum Gasteiger partial charge on any atom is 0.317 e. The Labute approximate surface area is 83.5 Å². The van der Waals surface area contributed by atoms with Gasteiger partial charge in [-0.05, 0) is 19.3 Å². The number of aliphatic hydroxyl groups excluding tert-OH is 1. The number of hydrogen-bond acceptors (Lipinski definition) is 4. The molecular weight excluding hydrogens is 184 g/mol. The third kappa shape index (κ3) is 1.55. The van der Waals surface area contributed by atoms with Gasteiger partial charge in [0.1, 0.15) is 5.41 Å². The number of carbonyl (C=O) groups excluding carboxylic acids is 1. The molecule has 0 saturated heterocycles. The van der Waals surface area contributed by atoms with E-state index in [1.54, 1.807) is 13.0 Å². The molecule has 0 aromatic carbocycles. The van der Waals surface area contributed by atoms with Crippen LogP contribution in [0.1, 0.15) is 13.3 Å². The predicted molar refractivity (Wildman–Crippen MR) is 50.4 cm³/mol. The van der Waals surface area contributed by atoms with E-state index in [9.17, 15) is 9.90 Å². The Bertz CT molecular complexity index is 238. The molecule has 0 spiro atoms. The molecule has 4 nitrogen and oxygen atoms in total. The highest BCUT2D eigenvalue weighted by Crippen LogP contribution is 2.56. The SMILES string of the molecule is C=CC1CC1(C(=O)OCC)C(O)OC. The normalized spacial score (nSPS) is 32.1. The molecule has 0 aliphatic heterocycles. The van der Waals surface area contributed by atoms with Gasteiger partial charge in [0.2, 0.25) is 0 Å². The molecule has 1 saturated carbocycles. The molecule has 3 atom stereocenters. The smallest absolute Gasteiger partial charge is 0.317 e. The van der Waals surface area contributed by atoms with Crippen LogP contribution >= 0.6 is 0 Å². The van der Waals surface area contributed by atoms with Crippen LogP contribution in [-0.2, 0) is 14.3 Å². The lowest BCUT2D eigenvalue weighted by atomic mass is 10.0. The number of allylic oxidation sites excluding steroid dienone is 1. The number of carbonyl (C=O) groups is 1. The van der Waals surface area contributed by atoms with Crippen molar-refractivity contribution in [2.75, 3.05) is 13.7 Å². The average Bonchev–Trinajstić information content (AvgIpc) is 2.92. The quantitative estimate of drug-likeness (QED) is 0.403. The first-order valence-electron chi connectivity index (χ1n) is 4.64. The van der Waals surface area contributed by atoms with Crippen molar-refractivity contribution in [1.82, 2.24) is 0 Å². The number of hydrogen-bond donors (Lipinski definition) is 1. The van der Waals surface area contributed by atoms with Crippen LogP contribution in [0.25, 0.3) is 0 Å². The lowest BCUT2D eigenvalue weighted by Crippen LogP contribution is -2.34. The van der Waals surface area contributed by atoms with E-state index in [0.29, 0.717) is 13.0 Å². The highest BCUT2D eigenvalue weighted by molar-refractivity contribution is 5.81. The van der Waals surface area contributed by atoms with Crippen molar-refractivity contribution in [3.05, 3.63) is 12.7 Å². The van der Waals surface area contributed by atoms with E-state index in [1.165, 1.54) is 7.11 Å². The number of rotatable bonds is 5. The first-order valence-corrected chi connectivity index (χ1v) is 4.64. The Morgan fingerprint density at radius 3 is 2.86 bits per heavy atom. The Kier molecular flexibility index (Phi) is 3.29. The second-order valence-corrected chi connectivity index (χ2v) is 3.40. The van der Waals surface area contributed by atoms with Crippen LogP contribution in [0.2, 0.25) is 0 Å². The summed E-state index contributed by atoms with van der Waals surface area (Å²) in [4.78, 5) is 11.6. The molecule has 4 heteroatoms. The van der Waals surface area contributed by atoms with Gasteiger partial charge in [0.05, 0.1) is 6.61 Å². The first-order chi connectivity index (χ1) is 6.63. The summed E-state index contributed by atoms with van der Waals surface area (Å²) in [6, 6.07) is 0. The van der Waals surface area contributed by atoms with Crippen LogP contribution in [0.4, 0.5) is 0 Å². The fourth-order valence-corrected chi connectivity index (χ4v) is 1.69. The van der Waals surface area contributed by atoms with Crippen LogP contribution < -0.4 is 0 Å². The molecule has 80 valence electrons. The zero-order valence-electron chi connectivity index (χ0n) is 8.53. The van der Waals surface area contributed by atoms with Crippen LogP contribution in [0.5, 0.6) is 0 Å². The Balaban J connectivity index is 2.75. The van der Waals surface area contributed by atoms with E-state index in [4.69, 9.17) is 9.47 Å². The van der Waals surface area contributed by atoms with Crippen molar-refractivity contribution in [2.24, 2.45) is 11.3 Å². The molecule has 1 N–H and O–H groups in total. The topological polar surface area (TPSA) is 55.8 Å². The molecule has 1 aliphatic carbocycles. The average molecular weight is 200 g/mol. The van der Waals surface area contributed by atoms with Crippen LogP contribution in [-0.4, -0.2) is 31.1 Å². The maximum absolute atomic E-state index is 11.6. The van der Waals surface area contributed by atoms with Gasteiger partial charge in [-0.15, -0.1) is 6.58 Å². The fourth-order valence-electron chi connectivity index (χ4n) is 1.69. The van der Waals surface area contributed by atoms with E-state index < -0.39 is 17.7 Å². The Morgan fingerprint density at radius 2 is 2.50 bits per heavy atom. The molecule has 14 heavy (non-hydrogen) atoms. The van der Waals surface area contributed by atoms with Crippen LogP contribution in [0.15, 0.2) is 12.7 Å². The number of esters is 1. The van der Waals surface area contributed by atoms with Gasteiger partial charge in [0.25, 0.3) is 0 Å². The summed E-state index contributed by atoms with van der Waals surface area (Å²) < 4.78 is 9.68. The summed E-state index contributed by atoms with van der Waals surface area (Å²) in [7, 11) is 1.37. The molecule has 1 fully saturated rings. The monoisotopic (exact) mass is 200 g/mol. The highest BCUT2D eigenvalue weighted by atomic mass is 16.6. The second-order valence-electron chi connectivity index (χ2n) is 3.40. The zero-order valence-corrected chi connectivity index (χ0v) is 8.53. The van der Waals surface area contributed by atoms with Crippen molar-refractivity contribution in [1.29, 1.82) is 0 Å². The van der Waals surface area contributed by atoms with Gasteiger partial charge in [-0.1, -0.05) is 6.08 Å². The van der Waals surface area contributed by atoms with Crippen molar-refractivity contribution in [2.45, 2.75) is 19.6 Å². The predicted octanol–water partition coefficient (Wildman–Crippen LogP) is 0.707. The molecule has 1 rings (SSSR count). The molecule has 0 bridgehead atoms. The summed E-state index contributed by atoms with van der Waals surface area (Å²) in [5, 5.41) is 9.58. The highest BCUT2D eigenvalue weighted by Gasteiger charge is 2.65. The standard InChI is InChI=1S/C10H16O4/c1-4-7-6-10(7,8(11)13-3)9(12)14-5-2/h4,7-8,11H,1,5-6H2,2-3H3. The van der Waals surface area contributed by atoms with Crippen molar-refractivity contribution in [3.8, 4) is 0 Å². The Hall–Kier alpha value is -0.870. The van der Waals surface area contributed by atoms with E-state index in [0.717, 1.165) is 0 Å². The fraction of sp³-hybridized carbons (Fsp3) is 0.700. The first kappa shape index (κ1) is 11.2. The van der Waals surface area contributed by atoms with E-state index >= 15 is 0 Å². The number of ether oxygens (including phenoxy) is 2. The van der Waals surface area contributed by atoms with Crippen LogP contribution in [0, 0.1) is 11.3 Å². The van der Waals surface area contributed by atoms with E-state index in [2.05, 4.69) is 6.58 Å². The van der Waals surface area contributed by atoms with Crippen LogP contribution in [0.3, 0.4) is 0 Å². The van der Waals surface area contributed by atoms with Gasteiger partial charge >= 0.3 is 5.97 Å². The lowest BCUT2D eigenvalue weighted by molar-refractivity contribution is -0.176. The van der Waals surface area contributed by atoms with Gasteiger partial charge < -0.3 is 14.6 Å². The molecule has 1 aliphatic rings. The summed E-state index contributed by atoms with van der Waals surface area (Å²) in [5.74, 6) is -0.448. The summed E-state index contributed by atoms with van der Waals surface area (Å²) in [6.45, 7) is 5.64. The molecule has 0 heterocycles. The minimum atomic E-state index is -1.11. The van der Waals surface area contributed by atoms with Gasteiger partial charge in [-0.2, -0.15) is 0 Å². The summed E-state index contributed by atoms with van der Waals surface area (Å²) in [6.07, 6.45) is 1.09. The van der Waals surface area contributed by atoms with Gasteiger partial charge in [0.15, 0.2) is 6.29 Å². The minimum Gasteiger partial charge on any atom is -0.465 e. The van der Waals surface area contributed by atoms with Gasteiger partial charge in [-0.3, -0.25) is 4.79 Å². The summed E-state index contributed by atoms with van der Waals surface area (Å²) in [5.41, 5.74) is -0.910. The van der Waals surface area contributed by atoms with Crippen molar-refractivity contribution in [3.63, 3.8) is 0 Å². The largest absolute Gasteiger partial charge is 0.465 e. The molecule has 3 unspecified atom stereocenters. The zero-order chi connectivity index (χ0) is 10.8. The van der Waals surface area contributed by atoms with Gasteiger partial charge in [-0.25, -0.2) is 0 Å². The summed E-state index contributed by atoms with van der Waals surface area (Å²) >= 11 is 0. The lowest BCUT2D eigenvalue weighted by Gasteiger charge is -2.19. The molecular formula is C10H16O4. The maximum atomic E-state index is 11.6.